The molecule has 1 fully saturated rings. The number of nitrogens with one attached hydrogen (secondary N) is 1. The summed E-state index contributed by atoms with van der Waals surface area (Å²) in [7, 11) is 0. The second-order valence-electron chi connectivity index (χ2n) is 5.59. The standard InChI is InChI=1S/C13H25NO2/c1-4-10(15)9-14-12(16)11-7-5-6-8-13(11,2)3/h10-11,15H,4-9H2,1-3H3,(H,14,16). The van der Waals surface area contributed by atoms with Crippen LogP contribution in [0.1, 0.15) is 52.9 Å². The third-order valence-corrected chi connectivity index (χ3v) is 3.81. The summed E-state index contributed by atoms with van der Waals surface area (Å²) in [5.74, 6) is 0.238. The van der Waals surface area contributed by atoms with Gasteiger partial charge in [-0.2, -0.15) is 0 Å². The van der Waals surface area contributed by atoms with Gasteiger partial charge in [0.1, 0.15) is 0 Å². The van der Waals surface area contributed by atoms with E-state index >= 15 is 0 Å². The lowest BCUT2D eigenvalue weighted by Crippen LogP contribution is -2.43. The Morgan fingerprint density at radius 2 is 2.19 bits per heavy atom. The highest BCUT2D eigenvalue weighted by atomic mass is 16.3. The first-order valence-corrected chi connectivity index (χ1v) is 6.43. The van der Waals surface area contributed by atoms with E-state index in [4.69, 9.17) is 0 Å². The van der Waals surface area contributed by atoms with E-state index in [1.165, 1.54) is 6.42 Å². The molecule has 3 nitrogen and oxygen atoms in total. The van der Waals surface area contributed by atoms with Crippen LogP contribution in [0.5, 0.6) is 0 Å². The first kappa shape index (κ1) is 13.5. The maximum Gasteiger partial charge on any atom is 0.223 e. The van der Waals surface area contributed by atoms with E-state index in [-0.39, 0.29) is 17.2 Å². The number of hydrogen-bond acceptors (Lipinski definition) is 2. The molecule has 1 saturated carbocycles. The van der Waals surface area contributed by atoms with E-state index < -0.39 is 6.10 Å². The van der Waals surface area contributed by atoms with Crippen LogP contribution in [-0.2, 0) is 4.79 Å². The highest BCUT2D eigenvalue weighted by molar-refractivity contribution is 5.79. The SMILES string of the molecule is CCC(O)CNC(=O)C1CCCCC1(C)C. The zero-order chi connectivity index (χ0) is 12.2. The molecule has 0 bridgehead atoms. The fraction of sp³-hybridized carbons (Fsp3) is 0.923. The molecule has 94 valence electrons. The largest absolute Gasteiger partial charge is 0.391 e. The van der Waals surface area contributed by atoms with Crippen molar-refractivity contribution in [2.45, 2.75) is 59.0 Å². The van der Waals surface area contributed by atoms with Gasteiger partial charge in [-0.15, -0.1) is 0 Å². The second-order valence-corrected chi connectivity index (χ2v) is 5.59. The van der Waals surface area contributed by atoms with Crippen molar-refractivity contribution in [1.29, 1.82) is 0 Å². The number of amides is 1. The van der Waals surface area contributed by atoms with Gasteiger partial charge in [0.05, 0.1) is 6.10 Å². The number of carbonyl (C=O) groups is 1. The van der Waals surface area contributed by atoms with Crippen molar-refractivity contribution in [3.05, 3.63) is 0 Å². The summed E-state index contributed by atoms with van der Waals surface area (Å²) < 4.78 is 0. The summed E-state index contributed by atoms with van der Waals surface area (Å²) in [6, 6.07) is 0. The molecule has 1 amide bonds. The minimum absolute atomic E-state index is 0.111. The van der Waals surface area contributed by atoms with Gasteiger partial charge in [-0.3, -0.25) is 4.79 Å². The fourth-order valence-corrected chi connectivity index (χ4v) is 2.47. The van der Waals surface area contributed by atoms with Crippen molar-refractivity contribution in [2.75, 3.05) is 6.54 Å². The molecule has 0 aromatic heterocycles. The molecule has 0 radical (unpaired) electrons. The quantitative estimate of drug-likeness (QED) is 0.772. The summed E-state index contributed by atoms with van der Waals surface area (Å²) in [4.78, 5) is 12.0. The topological polar surface area (TPSA) is 49.3 Å². The number of aliphatic hydroxyl groups is 1. The van der Waals surface area contributed by atoms with Crippen molar-refractivity contribution < 1.29 is 9.90 Å². The average molecular weight is 227 g/mol. The lowest BCUT2D eigenvalue weighted by molar-refractivity contribution is -0.130. The molecule has 0 aromatic carbocycles. The Morgan fingerprint density at radius 3 is 2.75 bits per heavy atom. The molecule has 2 atom stereocenters. The van der Waals surface area contributed by atoms with Crippen LogP contribution in [0.15, 0.2) is 0 Å². The second kappa shape index (κ2) is 5.67. The lowest BCUT2D eigenvalue weighted by Gasteiger charge is -2.37. The van der Waals surface area contributed by atoms with Crippen molar-refractivity contribution in [2.24, 2.45) is 11.3 Å². The Bertz CT molecular complexity index is 238. The summed E-state index contributed by atoms with van der Waals surface area (Å²) in [6.45, 7) is 6.66. The van der Waals surface area contributed by atoms with E-state index in [1.807, 2.05) is 6.92 Å². The molecule has 1 aliphatic carbocycles. The molecule has 0 heterocycles. The predicted octanol–water partition coefficient (Wildman–Crippen LogP) is 2.09. The first-order chi connectivity index (χ1) is 7.47. The Kier molecular flexibility index (Phi) is 4.78. The molecule has 1 rings (SSSR count). The zero-order valence-electron chi connectivity index (χ0n) is 10.8. The molecule has 2 unspecified atom stereocenters. The van der Waals surface area contributed by atoms with Crippen LogP contribution in [0.25, 0.3) is 0 Å². The fourth-order valence-electron chi connectivity index (χ4n) is 2.47. The maximum absolute atomic E-state index is 12.0. The summed E-state index contributed by atoms with van der Waals surface area (Å²) >= 11 is 0. The molecule has 2 N–H and O–H groups in total. The Balaban J connectivity index is 2.46. The normalized spacial score (nSPS) is 26.1. The number of rotatable bonds is 4. The molecule has 0 saturated heterocycles. The van der Waals surface area contributed by atoms with Gasteiger partial charge in [0.25, 0.3) is 0 Å². The van der Waals surface area contributed by atoms with Crippen LogP contribution in [-0.4, -0.2) is 23.7 Å². The molecule has 0 aliphatic heterocycles. The number of hydrogen-bond donors (Lipinski definition) is 2. The third kappa shape index (κ3) is 3.48. The van der Waals surface area contributed by atoms with Gasteiger partial charge < -0.3 is 10.4 Å². The summed E-state index contributed by atoms with van der Waals surface area (Å²) in [5.41, 5.74) is 0.111. The van der Waals surface area contributed by atoms with Crippen LogP contribution >= 0.6 is 0 Å². The monoisotopic (exact) mass is 227 g/mol. The Labute approximate surface area is 98.6 Å². The zero-order valence-corrected chi connectivity index (χ0v) is 10.8. The third-order valence-electron chi connectivity index (χ3n) is 3.81. The van der Waals surface area contributed by atoms with Gasteiger partial charge in [-0.1, -0.05) is 33.6 Å². The molecule has 0 aromatic rings. The molecular formula is C13H25NO2. The Hall–Kier alpha value is -0.570. The van der Waals surface area contributed by atoms with E-state index in [9.17, 15) is 9.90 Å². The van der Waals surface area contributed by atoms with Crippen LogP contribution < -0.4 is 5.32 Å². The lowest BCUT2D eigenvalue weighted by atomic mass is 9.68. The van der Waals surface area contributed by atoms with E-state index in [0.717, 1.165) is 19.3 Å². The van der Waals surface area contributed by atoms with E-state index in [0.29, 0.717) is 13.0 Å². The van der Waals surface area contributed by atoms with Crippen molar-refractivity contribution >= 4 is 5.91 Å². The van der Waals surface area contributed by atoms with Crippen LogP contribution in [0.3, 0.4) is 0 Å². The van der Waals surface area contributed by atoms with Crippen LogP contribution in [0.2, 0.25) is 0 Å². The minimum Gasteiger partial charge on any atom is -0.391 e. The van der Waals surface area contributed by atoms with E-state index in [1.54, 1.807) is 0 Å². The summed E-state index contributed by atoms with van der Waals surface area (Å²) in [6.07, 6.45) is 4.78. The highest BCUT2D eigenvalue weighted by Gasteiger charge is 2.36. The molecule has 1 aliphatic rings. The van der Waals surface area contributed by atoms with Gasteiger partial charge >= 0.3 is 0 Å². The van der Waals surface area contributed by atoms with Crippen molar-refractivity contribution in [3.63, 3.8) is 0 Å². The van der Waals surface area contributed by atoms with Gasteiger partial charge in [-0.25, -0.2) is 0 Å². The van der Waals surface area contributed by atoms with Gasteiger partial charge in [0, 0.05) is 12.5 Å². The molecule has 3 heteroatoms. The number of carbonyl (C=O) groups excluding carboxylic acids is 1. The van der Waals surface area contributed by atoms with Crippen molar-refractivity contribution in [1.82, 2.24) is 5.32 Å². The summed E-state index contributed by atoms with van der Waals surface area (Å²) in [5, 5.41) is 12.3. The van der Waals surface area contributed by atoms with Crippen LogP contribution in [0, 0.1) is 11.3 Å². The smallest absolute Gasteiger partial charge is 0.223 e. The molecule has 16 heavy (non-hydrogen) atoms. The van der Waals surface area contributed by atoms with Crippen LogP contribution in [0.4, 0.5) is 0 Å². The van der Waals surface area contributed by atoms with Gasteiger partial charge in [0.15, 0.2) is 0 Å². The molecule has 0 spiro atoms. The predicted molar refractivity (Wildman–Crippen MR) is 65.0 cm³/mol. The number of aliphatic hydroxyl groups excluding tert-OH is 1. The maximum atomic E-state index is 12.0. The minimum atomic E-state index is -0.407. The van der Waals surface area contributed by atoms with Gasteiger partial charge in [0.2, 0.25) is 5.91 Å². The molecular weight excluding hydrogens is 202 g/mol. The van der Waals surface area contributed by atoms with Gasteiger partial charge in [-0.05, 0) is 24.7 Å². The average Bonchev–Trinajstić information content (AvgIpc) is 2.24. The van der Waals surface area contributed by atoms with E-state index in [2.05, 4.69) is 19.2 Å². The first-order valence-electron chi connectivity index (χ1n) is 6.43. The van der Waals surface area contributed by atoms with Crippen molar-refractivity contribution in [3.8, 4) is 0 Å². The highest BCUT2D eigenvalue weighted by Crippen LogP contribution is 2.40. The Morgan fingerprint density at radius 1 is 1.50 bits per heavy atom.